The summed E-state index contributed by atoms with van der Waals surface area (Å²) in [4.78, 5) is 8.65. The molecule has 0 atom stereocenters. The fourth-order valence-corrected chi connectivity index (χ4v) is 3.13. The van der Waals surface area contributed by atoms with Crippen molar-refractivity contribution in [1.82, 2.24) is 10.3 Å². The maximum absolute atomic E-state index is 5.95. The summed E-state index contributed by atoms with van der Waals surface area (Å²) in [7, 11) is 0. The predicted molar refractivity (Wildman–Crippen MR) is 138 cm³/mol. The largest absolute Gasteiger partial charge is 0.494 e. The van der Waals surface area contributed by atoms with Crippen LogP contribution < -0.4 is 15.8 Å². The molecule has 0 radical (unpaired) electrons. The molecule has 0 saturated heterocycles. The highest BCUT2D eigenvalue weighted by Gasteiger charge is 2.00. The van der Waals surface area contributed by atoms with E-state index in [1.165, 1.54) is 11.1 Å². The summed E-state index contributed by atoms with van der Waals surface area (Å²) in [6.07, 6.45) is 5.47. The first-order chi connectivity index (χ1) is 14.8. The van der Waals surface area contributed by atoms with Crippen molar-refractivity contribution in [2.75, 3.05) is 19.7 Å². The molecule has 3 aromatic rings. The highest BCUT2D eigenvalue weighted by molar-refractivity contribution is 14.0. The summed E-state index contributed by atoms with van der Waals surface area (Å²) in [6, 6.07) is 24.6. The first kappa shape index (κ1) is 24.7. The highest BCUT2D eigenvalue weighted by Crippen LogP contribution is 2.14. The van der Waals surface area contributed by atoms with Crippen molar-refractivity contribution in [2.45, 2.75) is 25.7 Å². The molecule has 0 aliphatic heterocycles. The fraction of sp³-hybridized carbons (Fsp3) is 0.280. The van der Waals surface area contributed by atoms with Crippen molar-refractivity contribution in [3.05, 3.63) is 95.8 Å². The Labute approximate surface area is 202 Å². The predicted octanol–water partition coefficient (Wildman–Crippen LogP) is 4.40. The van der Waals surface area contributed by atoms with E-state index in [4.69, 9.17) is 10.5 Å². The number of benzene rings is 2. The van der Waals surface area contributed by atoms with Gasteiger partial charge in [0.05, 0.1) is 6.61 Å². The van der Waals surface area contributed by atoms with E-state index in [0.717, 1.165) is 43.7 Å². The molecule has 0 amide bonds. The third-order valence-electron chi connectivity index (χ3n) is 4.72. The third kappa shape index (κ3) is 9.83. The number of ether oxygens (including phenoxy) is 1. The normalized spacial score (nSPS) is 10.9. The fourth-order valence-electron chi connectivity index (χ4n) is 3.13. The molecule has 0 spiro atoms. The molecule has 0 aliphatic carbocycles. The van der Waals surface area contributed by atoms with Crippen LogP contribution in [0.15, 0.2) is 84.0 Å². The van der Waals surface area contributed by atoms with Gasteiger partial charge in [-0.25, -0.2) is 0 Å². The van der Waals surface area contributed by atoms with Gasteiger partial charge in [0.15, 0.2) is 5.96 Å². The van der Waals surface area contributed by atoms with Gasteiger partial charge in [-0.05, 0) is 54.7 Å². The van der Waals surface area contributed by atoms with Gasteiger partial charge in [-0.1, -0.05) is 48.5 Å². The minimum Gasteiger partial charge on any atom is -0.494 e. The molecule has 3 N–H and O–H groups in total. The first-order valence-electron chi connectivity index (χ1n) is 10.5. The van der Waals surface area contributed by atoms with Gasteiger partial charge in [0.2, 0.25) is 0 Å². The molecule has 0 aliphatic rings. The van der Waals surface area contributed by atoms with Crippen LogP contribution in [0.5, 0.6) is 5.75 Å². The highest BCUT2D eigenvalue weighted by atomic mass is 127. The molecule has 2 aromatic carbocycles. The lowest BCUT2D eigenvalue weighted by atomic mass is 10.1. The Bertz CT molecular complexity index is 904. The second-order valence-corrected chi connectivity index (χ2v) is 7.10. The number of hydrogen-bond acceptors (Lipinski definition) is 3. The number of nitrogens with zero attached hydrogens (tertiary/aromatic N) is 2. The van der Waals surface area contributed by atoms with Crippen molar-refractivity contribution in [1.29, 1.82) is 0 Å². The Morgan fingerprint density at radius 2 is 1.71 bits per heavy atom. The topological polar surface area (TPSA) is 72.5 Å². The molecule has 1 heterocycles. The van der Waals surface area contributed by atoms with Gasteiger partial charge in [-0.2, -0.15) is 0 Å². The van der Waals surface area contributed by atoms with Gasteiger partial charge in [0, 0.05) is 31.4 Å². The summed E-state index contributed by atoms with van der Waals surface area (Å²) in [5.41, 5.74) is 9.54. The molecule has 5 nitrogen and oxygen atoms in total. The number of pyridine rings is 1. The average Bonchev–Trinajstić information content (AvgIpc) is 2.78. The minimum absolute atomic E-state index is 0. The second kappa shape index (κ2) is 14.4. The van der Waals surface area contributed by atoms with Crippen LogP contribution in [0.3, 0.4) is 0 Å². The molecule has 0 saturated carbocycles. The molecule has 0 fully saturated rings. The maximum Gasteiger partial charge on any atom is 0.188 e. The number of nitrogens with two attached hydrogens (primary N) is 1. The van der Waals surface area contributed by atoms with Gasteiger partial charge in [-0.3, -0.25) is 9.98 Å². The van der Waals surface area contributed by atoms with Crippen LogP contribution in [0, 0.1) is 0 Å². The van der Waals surface area contributed by atoms with Crippen LogP contribution in [0.1, 0.15) is 23.2 Å². The summed E-state index contributed by atoms with van der Waals surface area (Å²) >= 11 is 0. The van der Waals surface area contributed by atoms with Crippen molar-refractivity contribution >= 4 is 29.9 Å². The zero-order chi connectivity index (χ0) is 20.9. The molecule has 0 unspecified atom stereocenters. The molecular weight excluding hydrogens is 499 g/mol. The minimum atomic E-state index is 0. The molecule has 0 bridgehead atoms. The Morgan fingerprint density at radius 1 is 0.903 bits per heavy atom. The Kier molecular flexibility index (Phi) is 11.5. The number of aliphatic imine (C=N–C) groups is 1. The number of aryl methyl sites for hydroxylation is 1. The zero-order valence-corrected chi connectivity index (χ0v) is 20.1. The number of aromatic nitrogens is 1. The Morgan fingerprint density at radius 3 is 2.52 bits per heavy atom. The number of guanidine groups is 1. The van der Waals surface area contributed by atoms with E-state index in [9.17, 15) is 0 Å². The third-order valence-corrected chi connectivity index (χ3v) is 4.72. The first-order valence-corrected chi connectivity index (χ1v) is 10.5. The van der Waals surface area contributed by atoms with E-state index in [1.807, 2.05) is 36.4 Å². The Hall–Kier alpha value is -2.61. The van der Waals surface area contributed by atoms with Gasteiger partial charge in [0.25, 0.3) is 0 Å². The standard InChI is InChI=1S/C25H30N4O.HI/c26-25(29-18-15-23-12-4-5-16-27-23)28-17-14-22-10-6-13-24(20-22)30-19-7-11-21-8-2-1-3-9-21;/h1-6,8-10,12-13,16,20H,7,11,14-15,17-19H2,(H3,26,28,29);1H. The summed E-state index contributed by atoms with van der Waals surface area (Å²) in [6.45, 7) is 2.07. The van der Waals surface area contributed by atoms with Crippen molar-refractivity contribution in [3.63, 3.8) is 0 Å². The maximum atomic E-state index is 5.95. The van der Waals surface area contributed by atoms with Crippen LogP contribution in [0.25, 0.3) is 0 Å². The van der Waals surface area contributed by atoms with Crippen molar-refractivity contribution in [2.24, 2.45) is 10.7 Å². The molecule has 3 rings (SSSR count). The van der Waals surface area contributed by atoms with E-state index < -0.39 is 0 Å². The Balaban J connectivity index is 0.00000341. The number of nitrogens with one attached hydrogen (secondary N) is 1. The quantitative estimate of drug-likeness (QED) is 0.167. The lowest BCUT2D eigenvalue weighted by molar-refractivity contribution is 0.310. The SMILES string of the molecule is I.NC(=NCCc1ccccn1)NCCc1cccc(OCCCc2ccccc2)c1. The van der Waals surface area contributed by atoms with Crippen molar-refractivity contribution in [3.8, 4) is 5.75 Å². The molecule has 1 aromatic heterocycles. The zero-order valence-electron chi connectivity index (χ0n) is 17.7. The van der Waals surface area contributed by atoms with E-state index >= 15 is 0 Å². The van der Waals surface area contributed by atoms with Gasteiger partial charge in [0.1, 0.15) is 5.75 Å². The number of rotatable bonds is 11. The molecule has 164 valence electrons. The van der Waals surface area contributed by atoms with Gasteiger partial charge < -0.3 is 15.8 Å². The summed E-state index contributed by atoms with van der Waals surface area (Å²) in [5, 5.41) is 3.17. The van der Waals surface area contributed by atoms with Crippen LogP contribution in [0.4, 0.5) is 0 Å². The summed E-state index contributed by atoms with van der Waals surface area (Å²) in [5.74, 6) is 1.39. The van der Waals surface area contributed by atoms with Crippen molar-refractivity contribution < 1.29 is 4.74 Å². The molecule has 31 heavy (non-hydrogen) atoms. The molecule has 6 heteroatoms. The van der Waals surface area contributed by atoms with E-state index in [1.54, 1.807) is 6.20 Å². The second-order valence-electron chi connectivity index (χ2n) is 7.10. The summed E-state index contributed by atoms with van der Waals surface area (Å²) < 4.78 is 5.92. The molecular formula is C25H31IN4O. The smallest absolute Gasteiger partial charge is 0.188 e. The lowest BCUT2D eigenvalue weighted by Crippen LogP contribution is -2.33. The van der Waals surface area contributed by atoms with Crippen LogP contribution in [-0.4, -0.2) is 30.6 Å². The van der Waals surface area contributed by atoms with Gasteiger partial charge in [-0.15, -0.1) is 24.0 Å². The van der Waals surface area contributed by atoms with E-state index in [0.29, 0.717) is 19.1 Å². The number of halogens is 1. The van der Waals surface area contributed by atoms with Crippen LogP contribution in [-0.2, 0) is 19.3 Å². The van der Waals surface area contributed by atoms with Crippen LogP contribution in [0.2, 0.25) is 0 Å². The average molecular weight is 530 g/mol. The monoisotopic (exact) mass is 530 g/mol. The van der Waals surface area contributed by atoms with Crippen LogP contribution >= 0.6 is 24.0 Å². The lowest BCUT2D eigenvalue weighted by Gasteiger charge is -2.09. The van der Waals surface area contributed by atoms with Gasteiger partial charge >= 0.3 is 0 Å². The van der Waals surface area contributed by atoms with E-state index in [-0.39, 0.29) is 24.0 Å². The van der Waals surface area contributed by atoms with E-state index in [2.05, 4.69) is 51.7 Å². The number of hydrogen-bond donors (Lipinski definition) is 2.